The fourth-order valence-electron chi connectivity index (χ4n) is 3.15. The van der Waals surface area contributed by atoms with E-state index in [9.17, 15) is 0 Å². The summed E-state index contributed by atoms with van der Waals surface area (Å²) in [6, 6.07) is 6.07. The summed E-state index contributed by atoms with van der Waals surface area (Å²) in [7, 11) is 0. The van der Waals surface area contributed by atoms with Crippen molar-refractivity contribution in [3.63, 3.8) is 0 Å². The van der Waals surface area contributed by atoms with E-state index in [2.05, 4.69) is 18.3 Å². The first-order valence-corrected chi connectivity index (χ1v) is 8.05. The van der Waals surface area contributed by atoms with Crippen molar-refractivity contribution in [3.05, 3.63) is 33.8 Å². The van der Waals surface area contributed by atoms with Crippen molar-refractivity contribution in [1.82, 2.24) is 5.32 Å². The van der Waals surface area contributed by atoms with Gasteiger partial charge < -0.3 is 5.32 Å². The molecule has 1 aromatic carbocycles. The molecule has 1 N–H and O–H groups in total. The van der Waals surface area contributed by atoms with Gasteiger partial charge in [-0.15, -0.1) is 0 Å². The van der Waals surface area contributed by atoms with Gasteiger partial charge in [0, 0.05) is 6.54 Å². The second-order valence-corrected chi connectivity index (χ2v) is 6.62. The third kappa shape index (κ3) is 4.11. The van der Waals surface area contributed by atoms with Gasteiger partial charge in [0.1, 0.15) is 0 Å². The van der Waals surface area contributed by atoms with Crippen LogP contribution in [0, 0.1) is 5.41 Å². The van der Waals surface area contributed by atoms with E-state index in [1.165, 1.54) is 37.7 Å². The summed E-state index contributed by atoms with van der Waals surface area (Å²) >= 11 is 12.1. The lowest BCUT2D eigenvalue weighted by molar-refractivity contribution is 0.278. The minimum atomic E-state index is 0.423. The molecular weight excluding hydrogens is 277 g/mol. The molecule has 0 saturated heterocycles. The van der Waals surface area contributed by atoms with Gasteiger partial charge in [-0.1, -0.05) is 49.0 Å². The fourth-order valence-corrected chi connectivity index (χ4v) is 3.47. The van der Waals surface area contributed by atoms with Crippen molar-refractivity contribution in [2.45, 2.75) is 45.4 Å². The highest BCUT2D eigenvalue weighted by atomic mass is 35.5. The van der Waals surface area contributed by atoms with Gasteiger partial charge in [0.05, 0.1) is 10.0 Å². The standard InChI is InChI=1S/C16H23Cl2N/c1-2-9-19-12-16(7-3-4-8-16)11-13-5-6-14(17)15(18)10-13/h5-6,10,19H,2-4,7-9,11-12H2,1H3. The molecule has 0 amide bonds. The third-order valence-corrected chi connectivity index (χ3v) is 4.89. The Labute approximate surface area is 126 Å². The maximum Gasteiger partial charge on any atom is 0.0595 e. The van der Waals surface area contributed by atoms with Gasteiger partial charge in [-0.05, 0) is 55.3 Å². The molecule has 0 radical (unpaired) electrons. The number of nitrogens with one attached hydrogen (secondary N) is 1. The monoisotopic (exact) mass is 299 g/mol. The minimum absolute atomic E-state index is 0.423. The van der Waals surface area contributed by atoms with Crippen molar-refractivity contribution >= 4 is 23.2 Å². The number of rotatable bonds is 6. The summed E-state index contributed by atoms with van der Waals surface area (Å²) in [5.74, 6) is 0. The predicted octanol–water partition coefficient (Wildman–Crippen LogP) is 5.10. The Hall–Kier alpha value is -0.240. The Morgan fingerprint density at radius 1 is 1.16 bits per heavy atom. The molecule has 19 heavy (non-hydrogen) atoms. The van der Waals surface area contributed by atoms with Crippen LogP contribution in [0.2, 0.25) is 10.0 Å². The van der Waals surface area contributed by atoms with Crippen LogP contribution in [-0.2, 0) is 6.42 Å². The van der Waals surface area contributed by atoms with Crippen molar-refractivity contribution < 1.29 is 0 Å². The van der Waals surface area contributed by atoms with Gasteiger partial charge in [-0.3, -0.25) is 0 Å². The van der Waals surface area contributed by atoms with Crippen molar-refractivity contribution in [2.75, 3.05) is 13.1 Å². The maximum atomic E-state index is 6.12. The van der Waals surface area contributed by atoms with E-state index in [-0.39, 0.29) is 0 Å². The van der Waals surface area contributed by atoms with Gasteiger partial charge in [-0.25, -0.2) is 0 Å². The molecule has 3 heteroatoms. The molecule has 106 valence electrons. The zero-order valence-corrected chi connectivity index (χ0v) is 13.2. The molecule has 0 unspecified atom stereocenters. The van der Waals surface area contributed by atoms with E-state index >= 15 is 0 Å². The smallest absolute Gasteiger partial charge is 0.0595 e. The van der Waals surface area contributed by atoms with Crippen LogP contribution in [0.4, 0.5) is 0 Å². The van der Waals surface area contributed by atoms with Crippen LogP contribution in [-0.4, -0.2) is 13.1 Å². The summed E-state index contributed by atoms with van der Waals surface area (Å²) in [5, 5.41) is 4.93. The summed E-state index contributed by atoms with van der Waals surface area (Å²) < 4.78 is 0. The van der Waals surface area contributed by atoms with Crippen molar-refractivity contribution in [2.24, 2.45) is 5.41 Å². The highest BCUT2D eigenvalue weighted by Gasteiger charge is 2.33. The highest BCUT2D eigenvalue weighted by Crippen LogP contribution is 2.41. The van der Waals surface area contributed by atoms with E-state index < -0.39 is 0 Å². The first kappa shape index (κ1) is 15.2. The summed E-state index contributed by atoms with van der Waals surface area (Å²) in [6.07, 6.45) is 7.67. The second-order valence-electron chi connectivity index (χ2n) is 5.81. The molecule has 0 atom stereocenters. The third-order valence-electron chi connectivity index (χ3n) is 4.15. The Bertz CT molecular complexity index is 411. The Morgan fingerprint density at radius 2 is 1.89 bits per heavy atom. The number of hydrogen-bond acceptors (Lipinski definition) is 1. The average molecular weight is 300 g/mol. The van der Waals surface area contributed by atoms with E-state index in [0.29, 0.717) is 15.5 Å². The van der Waals surface area contributed by atoms with Crippen LogP contribution in [0.3, 0.4) is 0 Å². The second kappa shape index (κ2) is 6.97. The zero-order chi connectivity index (χ0) is 13.7. The normalized spacial score (nSPS) is 17.8. The Kier molecular flexibility index (Phi) is 5.56. The van der Waals surface area contributed by atoms with Gasteiger partial charge in [0.25, 0.3) is 0 Å². The SMILES string of the molecule is CCCNCC1(Cc2ccc(Cl)c(Cl)c2)CCCC1. The van der Waals surface area contributed by atoms with E-state index in [4.69, 9.17) is 23.2 Å². The van der Waals surface area contributed by atoms with E-state index in [1.807, 2.05) is 12.1 Å². The molecule has 1 aromatic rings. The van der Waals surface area contributed by atoms with Gasteiger partial charge in [-0.2, -0.15) is 0 Å². The number of halogens is 2. The van der Waals surface area contributed by atoms with Crippen LogP contribution in [0.1, 0.15) is 44.6 Å². The molecule has 1 saturated carbocycles. The first-order valence-electron chi connectivity index (χ1n) is 7.30. The number of benzene rings is 1. The van der Waals surface area contributed by atoms with E-state index in [1.54, 1.807) is 0 Å². The summed E-state index contributed by atoms with van der Waals surface area (Å²) in [4.78, 5) is 0. The van der Waals surface area contributed by atoms with Crippen molar-refractivity contribution in [3.8, 4) is 0 Å². The average Bonchev–Trinajstić information content (AvgIpc) is 2.83. The lowest BCUT2D eigenvalue weighted by Crippen LogP contribution is -2.34. The first-order chi connectivity index (χ1) is 9.15. The van der Waals surface area contributed by atoms with Crippen LogP contribution in [0.15, 0.2) is 18.2 Å². The highest BCUT2D eigenvalue weighted by molar-refractivity contribution is 6.42. The van der Waals surface area contributed by atoms with Crippen LogP contribution in [0.25, 0.3) is 0 Å². The van der Waals surface area contributed by atoms with Crippen LogP contribution in [0.5, 0.6) is 0 Å². The van der Waals surface area contributed by atoms with Gasteiger partial charge in [0.2, 0.25) is 0 Å². The topological polar surface area (TPSA) is 12.0 Å². The Balaban J connectivity index is 2.05. The summed E-state index contributed by atoms with van der Waals surface area (Å²) in [6.45, 7) is 4.46. The van der Waals surface area contributed by atoms with Gasteiger partial charge >= 0.3 is 0 Å². The molecule has 1 aliphatic carbocycles. The predicted molar refractivity (Wildman–Crippen MR) is 84.2 cm³/mol. The quantitative estimate of drug-likeness (QED) is 0.721. The molecule has 1 aliphatic rings. The Morgan fingerprint density at radius 3 is 2.53 bits per heavy atom. The molecule has 1 nitrogen and oxygen atoms in total. The zero-order valence-electron chi connectivity index (χ0n) is 11.6. The molecule has 0 aliphatic heterocycles. The lowest BCUT2D eigenvalue weighted by Gasteiger charge is -2.30. The minimum Gasteiger partial charge on any atom is -0.316 e. The molecule has 1 fully saturated rings. The summed E-state index contributed by atoms with van der Waals surface area (Å²) in [5.41, 5.74) is 1.74. The van der Waals surface area contributed by atoms with Crippen molar-refractivity contribution in [1.29, 1.82) is 0 Å². The lowest BCUT2D eigenvalue weighted by atomic mass is 9.80. The molecule has 0 heterocycles. The van der Waals surface area contributed by atoms with E-state index in [0.717, 1.165) is 19.5 Å². The molecular formula is C16H23Cl2N. The number of hydrogen-bond donors (Lipinski definition) is 1. The van der Waals surface area contributed by atoms with Gasteiger partial charge in [0.15, 0.2) is 0 Å². The molecule has 2 rings (SSSR count). The molecule has 0 spiro atoms. The van der Waals surface area contributed by atoms with Crippen LogP contribution < -0.4 is 5.32 Å². The molecule has 0 bridgehead atoms. The largest absolute Gasteiger partial charge is 0.316 e. The fraction of sp³-hybridized carbons (Fsp3) is 0.625. The molecule has 0 aromatic heterocycles. The maximum absolute atomic E-state index is 6.12. The van der Waals surface area contributed by atoms with Crippen LogP contribution >= 0.6 is 23.2 Å².